The van der Waals surface area contributed by atoms with Gasteiger partial charge in [-0.2, -0.15) is 13.2 Å². The number of nitro groups is 1. The van der Waals surface area contributed by atoms with E-state index in [-0.39, 0.29) is 16.5 Å². The minimum Gasteiger partial charge on any atom is -0.368 e. The number of pyridine rings is 1. The van der Waals surface area contributed by atoms with Crippen molar-refractivity contribution in [3.05, 3.63) is 27.4 Å². The van der Waals surface area contributed by atoms with Gasteiger partial charge in [0.05, 0.1) is 16.4 Å². The van der Waals surface area contributed by atoms with Crippen LogP contribution in [0.2, 0.25) is 5.02 Å². The minimum absolute atomic E-state index is 0.0125. The summed E-state index contributed by atoms with van der Waals surface area (Å²) in [6.45, 7) is -0.395. The Hall–Kier alpha value is -1.57. The topological polar surface area (TPSA) is 68.1 Å². The zero-order valence-corrected chi connectivity index (χ0v) is 9.05. The Kier molecular flexibility index (Phi) is 4.11. The van der Waals surface area contributed by atoms with E-state index in [4.69, 9.17) is 11.6 Å². The van der Waals surface area contributed by atoms with E-state index in [9.17, 15) is 23.3 Å². The van der Waals surface area contributed by atoms with Crippen molar-refractivity contribution in [3.8, 4) is 0 Å². The summed E-state index contributed by atoms with van der Waals surface area (Å²) in [7, 11) is 0. The second-order valence-electron chi connectivity index (χ2n) is 3.07. The predicted molar refractivity (Wildman–Crippen MR) is 55.1 cm³/mol. The number of alkyl halides is 3. The Morgan fingerprint density at radius 1 is 1.53 bits per heavy atom. The fraction of sp³-hybridized carbons (Fsp3) is 0.375. The lowest BCUT2D eigenvalue weighted by molar-refractivity contribution is -0.385. The van der Waals surface area contributed by atoms with Crippen molar-refractivity contribution < 1.29 is 18.1 Å². The Labute approximate surface area is 98.7 Å². The summed E-state index contributed by atoms with van der Waals surface area (Å²) in [5, 5.41) is 12.6. The molecular formula is C8H7ClF3N3O2. The fourth-order valence-corrected chi connectivity index (χ4v) is 1.21. The maximum atomic E-state index is 11.8. The third-order valence-electron chi connectivity index (χ3n) is 1.74. The van der Waals surface area contributed by atoms with Gasteiger partial charge in [0.1, 0.15) is 12.0 Å². The predicted octanol–water partition coefficient (Wildman–Crippen LogP) is 3.01. The maximum Gasteiger partial charge on any atom is 0.390 e. The molecule has 1 N–H and O–H groups in total. The average molecular weight is 270 g/mol. The van der Waals surface area contributed by atoms with Gasteiger partial charge in [0.25, 0.3) is 5.69 Å². The molecule has 0 amide bonds. The fourth-order valence-electron chi connectivity index (χ4n) is 0.980. The number of aromatic nitrogens is 1. The maximum absolute atomic E-state index is 11.8. The molecule has 0 atom stereocenters. The van der Waals surface area contributed by atoms with Crippen LogP contribution in [0.25, 0.3) is 0 Å². The molecular weight excluding hydrogens is 263 g/mol. The molecule has 0 unspecified atom stereocenters. The summed E-state index contributed by atoms with van der Waals surface area (Å²) in [6.07, 6.45) is -4.40. The van der Waals surface area contributed by atoms with Gasteiger partial charge in [-0.05, 0) is 0 Å². The standard InChI is InChI=1S/C8H7ClF3N3O2/c9-6-3-5(15(16)17)4-14-7(6)13-2-1-8(10,11)12/h3-4H,1-2H2,(H,13,14). The molecule has 0 fully saturated rings. The van der Waals surface area contributed by atoms with E-state index in [0.717, 1.165) is 12.3 Å². The van der Waals surface area contributed by atoms with Crippen molar-refractivity contribution in [2.75, 3.05) is 11.9 Å². The summed E-state index contributed by atoms with van der Waals surface area (Å²) in [5.74, 6) is -0.0125. The zero-order valence-electron chi connectivity index (χ0n) is 8.29. The van der Waals surface area contributed by atoms with Gasteiger partial charge >= 0.3 is 6.18 Å². The smallest absolute Gasteiger partial charge is 0.368 e. The molecule has 1 heterocycles. The number of halogens is 4. The first-order valence-electron chi connectivity index (χ1n) is 4.40. The molecule has 17 heavy (non-hydrogen) atoms. The Morgan fingerprint density at radius 2 is 2.18 bits per heavy atom. The van der Waals surface area contributed by atoms with Crippen LogP contribution in [-0.2, 0) is 0 Å². The van der Waals surface area contributed by atoms with Gasteiger partial charge in [0, 0.05) is 12.6 Å². The van der Waals surface area contributed by atoms with Crippen LogP contribution in [0.4, 0.5) is 24.7 Å². The lowest BCUT2D eigenvalue weighted by atomic mass is 10.4. The Bertz CT molecular complexity index is 425. The molecule has 0 aromatic carbocycles. The molecule has 5 nitrogen and oxygen atoms in total. The molecule has 1 aromatic rings. The molecule has 1 aromatic heterocycles. The van der Waals surface area contributed by atoms with Crippen LogP contribution in [0.15, 0.2) is 12.3 Å². The summed E-state index contributed by atoms with van der Waals surface area (Å²) in [4.78, 5) is 13.2. The zero-order chi connectivity index (χ0) is 13.1. The lowest BCUT2D eigenvalue weighted by Crippen LogP contribution is -2.15. The van der Waals surface area contributed by atoms with Gasteiger partial charge in [0.15, 0.2) is 0 Å². The van der Waals surface area contributed by atoms with Crippen LogP contribution in [0.5, 0.6) is 0 Å². The van der Waals surface area contributed by atoms with Crippen LogP contribution in [0.3, 0.4) is 0 Å². The number of nitrogens with zero attached hydrogens (tertiary/aromatic N) is 2. The molecule has 0 aliphatic heterocycles. The highest BCUT2D eigenvalue weighted by Gasteiger charge is 2.26. The largest absolute Gasteiger partial charge is 0.390 e. The highest BCUT2D eigenvalue weighted by atomic mass is 35.5. The van der Waals surface area contributed by atoms with Crippen molar-refractivity contribution in [3.63, 3.8) is 0 Å². The molecule has 0 saturated carbocycles. The van der Waals surface area contributed by atoms with E-state index in [1.165, 1.54) is 0 Å². The molecule has 0 radical (unpaired) electrons. The van der Waals surface area contributed by atoms with Crippen LogP contribution in [0, 0.1) is 10.1 Å². The third-order valence-corrected chi connectivity index (χ3v) is 2.03. The number of nitrogens with one attached hydrogen (secondary N) is 1. The van der Waals surface area contributed by atoms with E-state index in [1.54, 1.807) is 0 Å². The van der Waals surface area contributed by atoms with Crippen molar-refractivity contribution in [2.45, 2.75) is 12.6 Å². The molecule has 0 saturated heterocycles. The van der Waals surface area contributed by atoms with Crippen LogP contribution in [0.1, 0.15) is 6.42 Å². The number of rotatable bonds is 4. The summed E-state index contributed by atoms with van der Waals surface area (Å²) < 4.78 is 35.5. The third kappa shape index (κ3) is 4.43. The first-order chi connectivity index (χ1) is 7.79. The van der Waals surface area contributed by atoms with Crippen molar-refractivity contribution >= 4 is 23.1 Å². The SMILES string of the molecule is O=[N+]([O-])c1cnc(NCCC(F)(F)F)c(Cl)c1. The Morgan fingerprint density at radius 3 is 2.65 bits per heavy atom. The number of hydrogen-bond acceptors (Lipinski definition) is 4. The van der Waals surface area contributed by atoms with Gasteiger partial charge in [-0.15, -0.1) is 0 Å². The normalized spacial score (nSPS) is 11.3. The summed E-state index contributed by atoms with van der Waals surface area (Å²) in [6, 6.07) is 1.02. The monoisotopic (exact) mass is 269 g/mol. The number of anilines is 1. The molecule has 0 bridgehead atoms. The molecule has 0 aliphatic carbocycles. The quantitative estimate of drug-likeness (QED) is 0.674. The van der Waals surface area contributed by atoms with Crippen molar-refractivity contribution in [1.82, 2.24) is 4.98 Å². The average Bonchev–Trinajstić information content (AvgIpc) is 2.18. The molecule has 9 heteroatoms. The molecule has 94 valence electrons. The van der Waals surface area contributed by atoms with Gasteiger partial charge < -0.3 is 5.32 Å². The van der Waals surface area contributed by atoms with Crippen LogP contribution < -0.4 is 5.32 Å². The van der Waals surface area contributed by atoms with E-state index >= 15 is 0 Å². The summed E-state index contributed by atoms with van der Waals surface area (Å²) in [5.41, 5.74) is -0.323. The molecule has 1 rings (SSSR count). The summed E-state index contributed by atoms with van der Waals surface area (Å²) >= 11 is 5.61. The minimum atomic E-state index is -4.28. The van der Waals surface area contributed by atoms with Crippen molar-refractivity contribution in [1.29, 1.82) is 0 Å². The molecule has 0 spiro atoms. The van der Waals surface area contributed by atoms with Gasteiger partial charge in [-0.1, -0.05) is 11.6 Å². The molecule has 0 aliphatic rings. The van der Waals surface area contributed by atoms with Gasteiger partial charge in [-0.3, -0.25) is 10.1 Å². The van der Waals surface area contributed by atoms with Gasteiger partial charge in [-0.25, -0.2) is 4.98 Å². The second kappa shape index (κ2) is 5.17. The van der Waals surface area contributed by atoms with Crippen molar-refractivity contribution in [2.24, 2.45) is 0 Å². The van der Waals surface area contributed by atoms with Crippen LogP contribution in [-0.4, -0.2) is 22.6 Å². The Balaban J connectivity index is 2.64. The van der Waals surface area contributed by atoms with Gasteiger partial charge in [0.2, 0.25) is 0 Å². The lowest BCUT2D eigenvalue weighted by Gasteiger charge is -2.08. The number of hydrogen-bond donors (Lipinski definition) is 1. The van der Waals surface area contributed by atoms with E-state index < -0.39 is 24.1 Å². The highest BCUT2D eigenvalue weighted by molar-refractivity contribution is 6.33. The first-order valence-corrected chi connectivity index (χ1v) is 4.78. The van der Waals surface area contributed by atoms with Crippen LogP contribution >= 0.6 is 11.6 Å². The van der Waals surface area contributed by atoms with E-state index in [0.29, 0.717) is 0 Å². The first kappa shape index (κ1) is 13.5. The highest BCUT2D eigenvalue weighted by Crippen LogP contribution is 2.25. The van der Waals surface area contributed by atoms with E-state index in [1.807, 2.05) is 0 Å². The second-order valence-corrected chi connectivity index (χ2v) is 3.48. The van der Waals surface area contributed by atoms with E-state index in [2.05, 4.69) is 10.3 Å².